The molecule has 1 heterocycles. The normalized spacial score (nSPS) is 19.9. The first kappa shape index (κ1) is 16.1. The summed E-state index contributed by atoms with van der Waals surface area (Å²) in [4.78, 5) is 11.6. The van der Waals surface area contributed by atoms with Gasteiger partial charge in [0, 0.05) is 29.8 Å². The minimum atomic E-state index is -0.129. The number of aryl methyl sites for hydroxylation is 2. The monoisotopic (exact) mass is 301 g/mol. The van der Waals surface area contributed by atoms with Crippen LogP contribution in [0.5, 0.6) is 0 Å². The van der Waals surface area contributed by atoms with Crippen LogP contribution in [0.25, 0.3) is 0 Å². The van der Waals surface area contributed by atoms with Crippen LogP contribution in [0.2, 0.25) is 0 Å². The number of carbonyl (C=O) groups excluding carboxylic acids is 1. The lowest BCUT2D eigenvalue weighted by atomic mass is 9.96. The molecule has 1 aliphatic carbocycles. The molecule has 0 aromatic carbocycles. The first-order chi connectivity index (χ1) is 10.6. The number of nitrogens with one attached hydrogen (secondary N) is 2. The van der Waals surface area contributed by atoms with Gasteiger partial charge >= 0.3 is 6.03 Å². The smallest absolute Gasteiger partial charge is 0.315 e. The van der Waals surface area contributed by atoms with Gasteiger partial charge in [0.25, 0.3) is 0 Å². The number of rotatable bonds is 5. The Kier molecular flexibility index (Phi) is 5.21. The molecule has 0 spiro atoms. The summed E-state index contributed by atoms with van der Waals surface area (Å²) >= 11 is 0. The van der Waals surface area contributed by atoms with E-state index < -0.39 is 0 Å². The van der Waals surface area contributed by atoms with E-state index in [0.29, 0.717) is 19.5 Å². The first-order valence-corrected chi connectivity index (χ1v) is 7.70. The molecule has 1 aliphatic rings. The van der Waals surface area contributed by atoms with Gasteiger partial charge in [-0.05, 0) is 27.2 Å². The summed E-state index contributed by atoms with van der Waals surface area (Å²) in [5.41, 5.74) is 3.33. The van der Waals surface area contributed by atoms with Gasteiger partial charge in [0.15, 0.2) is 0 Å². The molecule has 2 N–H and O–H groups in total. The van der Waals surface area contributed by atoms with Crippen molar-refractivity contribution in [3.8, 4) is 6.07 Å². The Morgan fingerprint density at radius 3 is 2.95 bits per heavy atom. The maximum atomic E-state index is 11.6. The Hall–Kier alpha value is -2.29. The summed E-state index contributed by atoms with van der Waals surface area (Å²) in [5, 5.41) is 19.0. The van der Waals surface area contributed by atoms with Crippen LogP contribution in [-0.4, -0.2) is 28.4 Å². The van der Waals surface area contributed by atoms with Gasteiger partial charge in [-0.1, -0.05) is 12.2 Å². The summed E-state index contributed by atoms with van der Waals surface area (Å²) < 4.78 is 1.91. The highest BCUT2D eigenvalue weighted by molar-refractivity contribution is 5.74. The zero-order valence-corrected chi connectivity index (χ0v) is 13.4. The molecule has 0 saturated heterocycles. The first-order valence-electron chi connectivity index (χ1n) is 7.70. The van der Waals surface area contributed by atoms with Gasteiger partial charge in [0.2, 0.25) is 0 Å². The largest absolute Gasteiger partial charge is 0.338 e. The minimum Gasteiger partial charge on any atom is -0.338 e. The summed E-state index contributed by atoms with van der Waals surface area (Å²) in [7, 11) is 0. The number of nitriles is 1. The van der Waals surface area contributed by atoms with Crippen molar-refractivity contribution in [3.63, 3.8) is 0 Å². The zero-order chi connectivity index (χ0) is 16.1. The summed E-state index contributed by atoms with van der Waals surface area (Å²) in [6, 6.07) is 2.08. The topological polar surface area (TPSA) is 82.7 Å². The van der Waals surface area contributed by atoms with E-state index >= 15 is 0 Å². The molecule has 0 bridgehead atoms. The Morgan fingerprint density at radius 2 is 2.27 bits per heavy atom. The number of urea groups is 1. The van der Waals surface area contributed by atoms with Crippen LogP contribution in [0, 0.1) is 25.2 Å². The number of carbonyl (C=O) groups is 1. The molecular weight excluding hydrogens is 278 g/mol. The van der Waals surface area contributed by atoms with Crippen LogP contribution >= 0.6 is 0 Å². The van der Waals surface area contributed by atoms with Crippen LogP contribution in [0.15, 0.2) is 12.2 Å². The third kappa shape index (κ3) is 3.48. The number of amides is 2. The van der Waals surface area contributed by atoms with Gasteiger partial charge in [0.05, 0.1) is 24.7 Å². The molecule has 0 fully saturated rings. The molecule has 0 radical (unpaired) electrons. The molecule has 0 saturated carbocycles. The maximum Gasteiger partial charge on any atom is 0.315 e. The van der Waals surface area contributed by atoms with Crippen molar-refractivity contribution in [2.45, 2.75) is 52.1 Å². The summed E-state index contributed by atoms with van der Waals surface area (Å²) in [5.74, 6) is 0.266. The molecule has 6 nitrogen and oxygen atoms in total. The van der Waals surface area contributed by atoms with Gasteiger partial charge in [-0.15, -0.1) is 0 Å². The SMILES string of the molecule is CCNC(=O)NC1C=CC(c2c(C)nn(CCC#N)c2C)C1. The average Bonchev–Trinajstić information content (AvgIpc) is 3.01. The zero-order valence-electron chi connectivity index (χ0n) is 13.4. The number of nitrogens with zero attached hydrogens (tertiary/aromatic N) is 3. The fraction of sp³-hybridized carbons (Fsp3) is 0.562. The second-order valence-corrected chi connectivity index (χ2v) is 5.55. The molecule has 0 aliphatic heterocycles. The second kappa shape index (κ2) is 7.12. The maximum absolute atomic E-state index is 11.6. The Balaban J connectivity index is 2.05. The van der Waals surface area contributed by atoms with E-state index in [4.69, 9.17) is 5.26 Å². The lowest BCUT2D eigenvalue weighted by molar-refractivity contribution is 0.239. The summed E-state index contributed by atoms with van der Waals surface area (Å²) in [6.45, 7) is 7.19. The van der Waals surface area contributed by atoms with E-state index in [0.717, 1.165) is 17.8 Å². The average molecular weight is 301 g/mol. The van der Waals surface area contributed by atoms with E-state index in [1.54, 1.807) is 0 Å². The number of aromatic nitrogens is 2. The third-order valence-corrected chi connectivity index (χ3v) is 3.98. The van der Waals surface area contributed by atoms with E-state index in [1.807, 2.05) is 31.5 Å². The minimum absolute atomic E-state index is 0.0535. The molecule has 2 atom stereocenters. The molecule has 2 rings (SSSR count). The molecule has 2 amide bonds. The fourth-order valence-corrected chi connectivity index (χ4v) is 3.02. The Morgan fingerprint density at radius 1 is 1.50 bits per heavy atom. The Labute approximate surface area is 131 Å². The molecule has 1 aromatic rings. The van der Waals surface area contributed by atoms with Crippen LogP contribution in [0.4, 0.5) is 4.79 Å². The van der Waals surface area contributed by atoms with Crippen molar-refractivity contribution < 1.29 is 4.79 Å². The van der Waals surface area contributed by atoms with Crippen molar-refractivity contribution >= 4 is 6.03 Å². The van der Waals surface area contributed by atoms with Gasteiger partial charge in [0.1, 0.15) is 0 Å². The highest BCUT2D eigenvalue weighted by Gasteiger charge is 2.26. The predicted octanol–water partition coefficient (Wildman–Crippen LogP) is 2.14. The van der Waals surface area contributed by atoms with E-state index in [-0.39, 0.29) is 18.0 Å². The second-order valence-electron chi connectivity index (χ2n) is 5.55. The molecular formula is C16H23N5O. The van der Waals surface area contributed by atoms with Crippen LogP contribution in [0.3, 0.4) is 0 Å². The van der Waals surface area contributed by atoms with E-state index in [9.17, 15) is 4.79 Å². The lowest BCUT2D eigenvalue weighted by Gasteiger charge is -2.15. The van der Waals surface area contributed by atoms with Gasteiger partial charge in [-0.25, -0.2) is 4.79 Å². The van der Waals surface area contributed by atoms with E-state index in [2.05, 4.69) is 27.9 Å². The third-order valence-electron chi connectivity index (χ3n) is 3.98. The molecule has 22 heavy (non-hydrogen) atoms. The van der Waals surface area contributed by atoms with Gasteiger partial charge in [-0.3, -0.25) is 4.68 Å². The van der Waals surface area contributed by atoms with Crippen LogP contribution < -0.4 is 10.6 Å². The van der Waals surface area contributed by atoms with Crippen molar-refractivity contribution in [3.05, 3.63) is 29.1 Å². The van der Waals surface area contributed by atoms with Crippen LogP contribution in [0.1, 0.15) is 42.6 Å². The lowest BCUT2D eigenvalue weighted by Crippen LogP contribution is -2.40. The quantitative estimate of drug-likeness (QED) is 0.817. The predicted molar refractivity (Wildman–Crippen MR) is 84.4 cm³/mol. The highest BCUT2D eigenvalue weighted by atomic mass is 16.2. The highest BCUT2D eigenvalue weighted by Crippen LogP contribution is 2.33. The number of hydrogen-bond acceptors (Lipinski definition) is 3. The van der Waals surface area contributed by atoms with Crippen molar-refractivity contribution in [2.24, 2.45) is 0 Å². The number of hydrogen-bond donors (Lipinski definition) is 2. The van der Waals surface area contributed by atoms with Crippen molar-refractivity contribution in [1.29, 1.82) is 5.26 Å². The molecule has 2 unspecified atom stereocenters. The summed E-state index contributed by atoms with van der Waals surface area (Å²) in [6.07, 6.45) is 5.50. The van der Waals surface area contributed by atoms with Crippen molar-refractivity contribution in [2.75, 3.05) is 6.54 Å². The van der Waals surface area contributed by atoms with Crippen molar-refractivity contribution in [1.82, 2.24) is 20.4 Å². The van der Waals surface area contributed by atoms with Gasteiger partial charge in [-0.2, -0.15) is 10.4 Å². The molecule has 1 aromatic heterocycles. The van der Waals surface area contributed by atoms with Gasteiger partial charge < -0.3 is 10.6 Å². The Bertz CT molecular complexity index is 611. The van der Waals surface area contributed by atoms with E-state index in [1.165, 1.54) is 5.56 Å². The fourth-order valence-electron chi connectivity index (χ4n) is 3.02. The molecule has 6 heteroatoms. The molecule has 118 valence electrons. The van der Waals surface area contributed by atoms with Crippen LogP contribution in [-0.2, 0) is 6.54 Å². The standard InChI is InChI=1S/C16H23N5O/c1-4-18-16(22)19-14-7-6-13(10-14)15-11(2)20-21(12(15)3)9-5-8-17/h6-7,13-14H,4-5,9-10H2,1-3H3,(H2,18,19,22). The number of allylic oxidation sites excluding steroid dienone is 1.